The van der Waals surface area contributed by atoms with Crippen LogP contribution in [0.3, 0.4) is 0 Å². The molecule has 96 valence electrons. The van der Waals surface area contributed by atoms with E-state index in [9.17, 15) is 0 Å². The Hall–Kier alpha value is -0.710. The molecule has 18 heavy (non-hydrogen) atoms. The van der Waals surface area contributed by atoms with Crippen LogP contribution in [0.15, 0.2) is 12.1 Å². The van der Waals surface area contributed by atoms with E-state index in [4.69, 9.17) is 4.98 Å². The third-order valence-corrected chi connectivity index (χ3v) is 5.66. The first-order chi connectivity index (χ1) is 8.78. The molecule has 0 saturated carbocycles. The van der Waals surface area contributed by atoms with Crippen molar-refractivity contribution in [1.29, 1.82) is 0 Å². The molecule has 2 nitrogen and oxygen atoms in total. The molecule has 1 atom stereocenters. The van der Waals surface area contributed by atoms with Gasteiger partial charge >= 0.3 is 0 Å². The normalized spacial score (nSPS) is 18.9. The zero-order chi connectivity index (χ0) is 12.5. The van der Waals surface area contributed by atoms with Gasteiger partial charge in [-0.25, -0.2) is 4.98 Å². The van der Waals surface area contributed by atoms with Crippen LogP contribution in [-0.4, -0.2) is 11.5 Å². The predicted octanol–water partition coefficient (Wildman–Crippen LogP) is 4.17. The quantitative estimate of drug-likeness (QED) is 0.911. The number of rotatable bonds is 3. The first kappa shape index (κ1) is 12.3. The third-order valence-electron chi connectivity index (χ3n) is 3.36. The lowest BCUT2D eigenvalue weighted by Crippen LogP contribution is -2.24. The van der Waals surface area contributed by atoms with E-state index in [1.165, 1.54) is 44.6 Å². The second-order valence-corrected chi connectivity index (χ2v) is 7.11. The van der Waals surface area contributed by atoms with Gasteiger partial charge in [-0.1, -0.05) is 6.92 Å². The molecule has 0 aliphatic heterocycles. The number of aryl methyl sites for hydroxylation is 2. The standard InChI is InChI=1S/C14H18N2S2/c1-3-15-10-5-4-6-11-13(10)16-14(18-11)12-8-7-9(2)17-12/h7-8,10,15H,3-6H2,1-2H3. The Labute approximate surface area is 116 Å². The maximum atomic E-state index is 4.90. The van der Waals surface area contributed by atoms with Gasteiger partial charge in [-0.15, -0.1) is 22.7 Å². The van der Waals surface area contributed by atoms with Crippen LogP contribution >= 0.6 is 22.7 Å². The number of hydrogen-bond acceptors (Lipinski definition) is 4. The van der Waals surface area contributed by atoms with E-state index in [2.05, 4.69) is 31.3 Å². The molecule has 3 rings (SSSR count). The van der Waals surface area contributed by atoms with Crippen LogP contribution in [0.1, 0.15) is 41.3 Å². The molecule has 0 saturated heterocycles. The SMILES string of the molecule is CCNC1CCCc2sc(-c3ccc(C)s3)nc21. The average Bonchev–Trinajstić information content (AvgIpc) is 2.95. The highest BCUT2D eigenvalue weighted by Gasteiger charge is 2.24. The second kappa shape index (κ2) is 5.11. The molecule has 0 radical (unpaired) electrons. The van der Waals surface area contributed by atoms with Gasteiger partial charge in [0.05, 0.1) is 16.6 Å². The van der Waals surface area contributed by atoms with E-state index < -0.39 is 0 Å². The van der Waals surface area contributed by atoms with Crippen LogP contribution in [0.4, 0.5) is 0 Å². The molecule has 2 aromatic rings. The van der Waals surface area contributed by atoms with Crippen LogP contribution in [0.5, 0.6) is 0 Å². The summed E-state index contributed by atoms with van der Waals surface area (Å²) in [4.78, 5) is 9.08. The topological polar surface area (TPSA) is 24.9 Å². The van der Waals surface area contributed by atoms with Crippen molar-refractivity contribution in [3.63, 3.8) is 0 Å². The fourth-order valence-corrected chi connectivity index (χ4v) is 4.61. The van der Waals surface area contributed by atoms with Crippen molar-refractivity contribution in [3.05, 3.63) is 27.6 Å². The molecule has 0 fully saturated rings. The summed E-state index contributed by atoms with van der Waals surface area (Å²) in [5, 5.41) is 4.77. The maximum Gasteiger partial charge on any atom is 0.133 e. The maximum absolute atomic E-state index is 4.90. The molecule has 0 aromatic carbocycles. The van der Waals surface area contributed by atoms with Gasteiger partial charge in [0.15, 0.2) is 0 Å². The minimum atomic E-state index is 0.477. The minimum absolute atomic E-state index is 0.477. The summed E-state index contributed by atoms with van der Waals surface area (Å²) >= 11 is 3.74. The molecular weight excluding hydrogens is 260 g/mol. The van der Waals surface area contributed by atoms with E-state index in [-0.39, 0.29) is 0 Å². The molecule has 2 heterocycles. The van der Waals surface area contributed by atoms with Crippen LogP contribution in [0.2, 0.25) is 0 Å². The van der Waals surface area contributed by atoms with Gasteiger partial charge in [0.25, 0.3) is 0 Å². The van der Waals surface area contributed by atoms with Gasteiger partial charge in [-0.05, 0) is 44.9 Å². The fraction of sp³-hybridized carbons (Fsp3) is 0.500. The molecule has 0 bridgehead atoms. The van der Waals surface area contributed by atoms with Crippen molar-refractivity contribution in [2.45, 2.75) is 39.2 Å². The summed E-state index contributed by atoms with van der Waals surface area (Å²) in [6.45, 7) is 5.35. The predicted molar refractivity (Wildman–Crippen MR) is 79.5 cm³/mol. The van der Waals surface area contributed by atoms with Gasteiger partial charge in [-0.2, -0.15) is 0 Å². The van der Waals surface area contributed by atoms with Crippen molar-refractivity contribution >= 4 is 22.7 Å². The van der Waals surface area contributed by atoms with Crippen LogP contribution in [0, 0.1) is 6.92 Å². The fourth-order valence-electron chi connectivity index (χ4n) is 2.52. The molecule has 1 N–H and O–H groups in total. The van der Waals surface area contributed by atoms with E-state index in [1.807, 2.05) is 22.7 Å². The van der Waals surface area contributed by atoms with Gasteiger partial charge in [0.2, 0.25) is 0 Å². The second-order valence-electron chi connectivity index (χ2n) is 4.74. The average molecular weight is 278 g/mol. The van der Waals surface area contributed by atoms with Crippen LogP contribution in [-0.2, 0) is 6.42 Å². The van der Waals surface area contributed by atoms with Crippen LogP contribution < -0.4 is 5.32 Å². The lowest BCUT2D eigenvalue weighted by atomic mass is 9.98. The Balaban J connectivity index is 1.95. The molecule has 1 aliphatic rings. The van der Waals surface area contributed by atoms with E-state index >= 15 is 0 Å². The Morgan fingerprint density at radius 3 is 3.00 bits per heavy atom. The van der Waals surface area contributed by atoms with Crippen molar-refractivity contribution in [1.82, 2.24) is 10.3 Å². The number of aromatic nitrogens is 1. The molecular formula is C14H18N2S2. The first-order valence-electron chi connectivity index (χ1n) is 6.57. The summed E-state index contributed by atoms with van der Waals surface area (Å²) in [5.41, 5.74) is 1.31. The van der Waals surface area contributed by atoms with Crippen molar-refractivity contribution < 1.29 is 0 Å². The van der Waals surface area contributed by atoms with Gasteiger partial charge in [0.1, 0.15) is 5.01 Å². The minimum Gasteiger partial charge on any atom is -0.309 e. The largest absolute Gasteiger partial charge is 0.309 e. The zero-order valence-corrected chi connectivity index (χ0v) is 12.5. The molecule has 4 heteroatoms. The smallest absolute Gasteiger partial charge is 0.133 e. The van der Waals surface area contributed by atoms with Gasteiger partial charge < -0.3 is 5.32 Å². The summed E-state index contributed by atoms with van der Waals surface area (Å²) < 4.78 is 0. The third kappa shape index (κ3) is 2.25. The Kier molecular flexibility index (Phi) is 3.50. The Morgan fingerprint density at radius 2 is 2.28 bits per heavy atom. The lowest BCUT2D eigenvalue weighted by molar-refractivity contribution is 0.465. The van der Waals surface area contributed by atoms with Crippen molar-refractivity contribution in [3.8, 4) is 9.88 Å². The summed E-state index contributed by atoms with van der Waals surface area (Å²) in [7, 11) is 0. The highest BCUT2D eigenvalue weighted by atomic mass is 32.1. The zero-order valence-electron chi connectivity index (χ0n) is 10.8. The monoisotopic (exact) mass is 278 g/mol. The number of fused-ring (bicyclic) bond motifs is 1. The number of nitrogens with one attached hydrogen (secondary N) is 1. The number of thiophene rings is 1. The summed E-state index contributed by atoms with van der Waals surface area (Å²) in [5.74, 6) is 0. The van der Waals surface area contributed by atoms with E-state index in [1.54, 1.807) is 0 Å². The molecule has 1 aliphatic carbocycles. The highest BCUT2D eigenvalue weighted by molar-refractivity contribution is 7.21. The molecule has 0 amide bonds. The number of hydrogen-bond donors (Lipinski definition) is 1. The summed E-state index contributed by atoms with van der Waals surface area (Å²) in [6, 6.07) is 4.86. The van der Waals surface area contributed by atoms with Crippen molar-refractivity contribution in [2.75, 3.05) is 6.54 Å². The van der Waals surface area contributed by atoms with Gasteiger partial charge in [0, 0.05) is 9.75 Å². The number of thiazole rings is 1. The van der Waals surface area contributed by atoms with Crippen molar-refractivity contribution in [2.24, 2.45) is 0 Å². The Bertz CT molecular complexity index is 542. The van der Waals surface area contributed by atoms with E-state index in [0.717, 1.165) is 6.54 Å². The molecule has 2 aromatic heterocycles. The number of nitrogens with zero attached hydrogens (tertiary/aromatic N) is 1. The first-order valence-corrected chi connectivity index (χ1v) is 8.21. The highest BCUT2D eigenvalue weighted by Crippen LogP contribution is 2.38. The Morgan fingerprint density at radius 1 is 1.39 bits per heavy atom. The van der Waals surface area contributed by atoms with Gasteiger partial charge in [-0.3, -0.25) is 0 Å². The summed E-state index contributed by atoms with van der Waals surface area (Å²) in [6.07, 6.45) is 3.72. The molecule has 0 spiro atoms. The van der Waals surface area contributed by atoms with Crippen LogP contribution in [0.25, 0.3) is 9.88 Å². The lowest BCUT2D eigenvalue weighted by Gasteiger charge is -2.21. The van der Waals surface area contributed by atoms with E-state index in [0.29, 0.717) is 6.04 Å². The molecule has 1 unspecified atom stereocenters.